The van der Waals surface area contributed by atoms with Crippen molar-refractivity contribution in [3.8, 4) is 5.75 Å². The van der Waals surface area contributed by atoms with Gasteiger partial charge in [-0.05, 0) is 18.2 Å². The van der Waals surface area contributed by atoms with Crippen molar-refractivity contribution >= 4 is 56.4 Å². The SMILES string of the molecule is Nc1cc(Cl)c(Cl)cc1OCc1ccc(Br)cc1Cl. The number of ether oxygens (including phenoxy) is 1. The molecule has 19 heavy (non-hydrogen) atoms. The predicted molar refractivity (Wildman–Crippen MR) is 84.4 cm³/mol. The molecule has 6 heteroatoms. The van der Waals surface area contributed by atoms with Crippen molar-refractivity contribution < 1.29 is 4.74 Å². The number of benzene rings is 2. The second kappa shape index (κ2) is 6.23. The molecule has 0 aliphatic rings. The van der Waals surface area contributed by atoms with Crippen LogP contribution in [0.4, 0.5) is 5.69 Å². The number of anilines is 1. The van der Waals surface area contributed by atoms with E-state index in [2.05, 4.69) is 15.9 Å². The van der Waals surface area contributed by atoms with E-state index in [1.165, 1.54) is 0 Å². The lowest BCUT2D eigenvalue weighted by molar-refractivity contribution is 0.308. The zero-order valence-corrected chi connectivity index (χ0v) is 13.4. The smallest absolute Gasteiger partial charge is 0.144 e. The summed E-state index contributed by atoms with van der Waals surface area (Å²) in [5.41, 5.74) is 7.10. The quantitative estimate of drug-likeness (QED) is 0.706. The van der Waals surface area contributed by atoms with Crippen molar-refractivity contribution in [2.75, 3.05) is 5.73 Å². The number of rotatable bonds is 3. The Morgan fingerprint density at radius 1 is 1.00 bits per heavy atom. The van der Waals surface area contributed by atoms with Crippen LogP contribution in [-0.4, -0.2) is 0 Å². The van der Waals surface area contributed by atoms with Crippen LogP contribution in [-0.2, 0) is 6.61 Å². The molecule has 2 nitrogen and oxygen atoms in total. The van der Waals surface area contributed by atoms with Gasteiger partial charge in [0.2, 0.25) is 0 Å². The van der Waals surface area contributed by atoms with Crippen LogP contribution in [0.1, 0.15) is 5.56 Å². The van der Waals surface area contributed by atoms with Gasteiger partial charge < -0.3 is 10.5 Å². The maximum Gasteiger partial charge on any atom is 0.144 e. The summed E-state index contributed by atoms with van der Waals surface area (Å²) in [6.07, 6.45) is 0. The summed E-state index contributed by atoms with van der Waals surface area (Å²) in [5, 5.41) is 1.41. The molecule has 0 spiro atoms. The molecule has 0 unspecified atom stereocenters. The first-order chi connectivity index (χ1) is 8.97. The van der Waals surface area contributed by atoms with Gasteiger partial charge in [0.05, 0.1) is 15.7 Å². The Bertz CT molecular complexity index is 619. The van der Waals surface area contributed by atoms with Gasteiger partial charge in [0.1, 0.15) is 12.4 Å². The second-order valence-corrected chi connectivity index (χ2v) is 5.97. The van der Waals surface area contributed by atoms with Crippen LogP contribution in [0.2, 0.25) is 15.1 Å². The third-order valence-electron chi connectivity index (χ3n) is 2.45. The van der Waals surface area contributed by atoms with Crippen molar-refractivity contribution in [2.24, 2.45) is 0 Å². The molecule has 2 N–H and O–H groups in total. The Labute approximate surface area is 134 Å². The number of nitrogens with two attached hydrogens (primary N) is 1. The lowest BCUT2D eigenvalue weighted by Gasteiger charge is -2.11. The van der Waals surface area contributed by atoms with Crippen molar-refractivity contribution in [2.45, 2.75) is 6.61 Å². The molecule has 0 fully saturated rings. The number of halogens is 4. The maximum atomic E-state index is 6.10. The lowest BCUT2D eigenvalue weighted by atomic mass is 10.2. The molecule has 0 aromatic heterocycles. The van der Waals surface area contributed by atoms with Gasteiger partial charge in [-0.2, -0.15) is 0 Å². The van der Waals surface area contributed by atoms with Crippen molar-refractivity contribution in [1.29, 1.82) is 0 Å². The van der Waals surface area contributed by atoms with Gasteiger partial charge in [-0.15, -0.1) is 0 Å². The fraction of sp³-hybridized carbons (Fsp3) is 0.0769. The van der Waals surface area contributed by atoms with Crippen LogP contribution >= 0.6 is 50.7 Å². The minimum atomic E-state index is 0.300. The van der Waals surface area contributed by atoms with E-state index in [0.29, 0.717) is 33.1 Å². The van der Waals surface area contributed by atoms with Gasteiger partial charge >= 0.3 is 0 Å². The summed E-state index contributed by atoms with van der Waals surface area (Å²) in [5.74, 6) is 0.480. The summed E-state index contributed by atoms with van der Waals surface area (Å²) in [6, 6.07) is 8.72. The lowest BCUT2D eigenvalue weighted by Crippen LogP contribution is -1.99. The largest absolute Gasteiger partial charge is 0.487 e. The van der Waals surface area contributed by atoms with Crippen molar-refractivity contribution in [3.05, 3.63) is 55.4 Å². The van der Waals surface area contributed by atoms with Crippen LogP contribution in [0.15, 0.2) is 34.8 Å². The van der Waals surface area contributed by atoms with Crippen LogP contribution in [0.25, 0.3) is 0 Å². The molecule has 0 aliphatic heterocycles. The van der Waals surface area contributed by atoms with Crippen LogP contribution in [0.5, 0.6) is 5.75 Å². The fourth-order valence-electron chi connectivity index (χ4n) is 1.46. The van der Waals surface area contributed by atoms with Crippen molar-refractivity contribution in [3.63, 3.8) is 0 Å². The summed E-state index contributed by atoms with van der Waals surface area (Å²) in [4.78, 5) is 0. The molecule has 0 aliphatic carbocycles. The molecule has 0 saturated heterocycles. The van der Waals surface area contributed by atoms with Gasteiger partial charge in [-0.3, -0.25) is 0 Å². The first kappa shape index (κ1) is 14.8. The average Bonchev–Trinajstić information content (AvgIpc) is 2.34. The number of hydrogen-bond donors (Lipinski definition) is 1. The highest BCUT2D eigenvalue weighted by atomic mass is 79.9. The van der Waals surface area contributed by atoms with Crippen LogP contribution < -0.4 is 10.5 Å². The molecule has 2 rings (SSSR count). The normalized spacial score (nSPS) is 10.5. The summed E-state index contributed by atoms with van der Waals surface area (Å²) in [7, 11) is 0. The topological polar surface area (TPSA) is 35.2 Å². The Hall–Kier alpha value is -0.610. The molecule has 2 aromatic rings. The highest BCUT2D eigenvalue weighted by Crippen LogP contribution is 2.33. The standard InChI is InChI=1S/C13H9BrCl3NO/c14-8-2-1-7(9(15)3-8)6-19-13-5-11(17)10(16)4-12(13)18/h1-5H,6,18H2. The molecule has 0 bridgehead atoms. The highest BCUT2D eigenvalue weighted by molar-refractivity contribution is 9.10. The Kier molecular flexibility index (Phi) is 4.85. The minimum absolute atomic E-state index is 0.300. The molecular formula is C13H9BrCl3NO. The fourth-order valence-corrected chi connectivity index (χ4v) is 2.52. The first-order valence-electron chi connectivity index (χ1n) is 5.28. The predicted octanol–water partition coefficient (Wildman–Crippen LogP) is 5.57. The number of nitrogen functional groups attached to an aromatic ring is 1. The van der Waals surface area contributed by atoms with E-state index in [-0.39, 0.29) is 0 Å². The summed E-state index contributed by atoms with van der Waals surface area (Å²) in [6.45, 7) is 0.300. The average molecular weight is 381 g/mol. The van der Waals surface area contributed by atoms with E-state index < -0.39 is 0 Å². The van der Waals surface area contributed by atoms with E-state index in [0.717, 1.165) is 10.0 Å². The van der Waals surface area contributed by atoms with E-state index in [9.17, 15) is 0 Å². The zero-order chi connectivity index (χ0) is 14.0. The minimum Gasteiger partial charge on any atom is -0.487 e. The summed E-state index contributed by atoms with van der Waals surface area (Å²) >= 11 is 21.2. The monoisotopic (exact) mass is 379 g/mol. The molecule has 0 amide bonds. The third kappa shape index (κ3) is 3.69. The van der Waals surface area contributed by atoms with Gasteiger partial charge in [-0.1, -0.05) is 56.8 Å². The van der Waals surface area contributed by atoms with Gasteiger partial charge in [0, 0.05) is 21.1 Å². The Balaban J connectivity index is 2.16. The molecule has 0 saturated carbocycles. The van der Waals surface area contributed by atoms with E-state index in [1.807, 2.05) is 12.1 Å². The maximum absolute atomic E-state index is 6.10. The molecule has 100 valence electrons. The van der Waals surface area contributed by atoms with Crippen LogP contribution in [0, 0.1) is 0 Å². The first-order valence-corrected chi connectivity index (χ1v) is 7.21. The van der Waals surface area contributed by atoms with Crippen LogP contribution in [0.3, 0.4) is 0 Å². The molecule has 0 heterocycles. The van der Waals surface area contributed by atoms with E-state index in [1.54, 1.807) is 18.2 Å². The second-order valence-electron chi connectivity index (χ2n) is 3.83. The molecular weight excluding hydrogens is 372 g/mol. The number of hydrogen-bond acceptors (Lipinski definition) is 2. The molecule has 0 atom stereocenters. The highest BCUT2D eigenvalue weighted by Gasteiger charge is 2.08. The van der Waals surface area contributed by atoms with E-state index >= 15 is 0 Å². The van der Waals surface area contributed by atoms with Crippen molar-refractivity contribution in [1.82, 2.24) is 0 Å². The molecule has 0 radical (unpaired) electrons. The van der Waals surface area contributed by atoms with Gasteiger partial charge in [-0.25, -0.2) is 0 Å². The zero-order valence-electron chi connectivity index (χ0n) is 9.59. The van der Waals surface area contributed by atoms with Gasteiger partial charge in [0.25, 0.3) is 0 Å². The molecule has 2 aromatic carbocycles. The summed E-state index contributed by atoms with van der Waals surface area (Å²) < 4.78 is 6.52. The van der Waals surface area contributed by atoms with E-state index in [4.69, 9.17) is 45.3 Å². The third-order valence-corrected chi connectivity index (χ3v) is 4.02. The Morgan fingerprint density at radius 3 is 2.37 bits per heavy atom. The van der Waals surface area contributed by atoms with Gasteiger partial charge in [0.15, 0.2) is 0 Å². The Morgan fingerprint density at radius 2 is 1.68 bits per heavy atom.